The van der Waals surface area contributed by atoms with Crippen LogP contribution in [0.5, 0.6) is 5.75 Å². The lowest BCUT2D eigenvalue weighted by Gasteiger charge is -2.05. The Morgan fingerprint density at radius 2 is 1.88 bits per heavy atom. The Balaban J connectivity index is 1.88. The number of aliphatic imine (C=N–C) groups is 1. The minimum atomic E-state index is -0.449. The lowest BCUT2D eigenvalue weighted by atomic mass is 10.0. The van der Waals surface area contributed by atoms with Gasteiger partial charge < -0.3 is 9.47 Å². The Morgan fingerprint density at radius 3 is 2.48 bits per heavy atom. The van der Waals surface area contributed by atoms with E-state index in [1.165, 1.54) is 5.56 Å². The van der Waals surface area contributed by atoms with Crippen LogP contribution in [0.4, 0.5) is 0 Å². The standard InChI is InChI=1S/C20H18BrNO3/c1-12(2)14-5-7-15(8-6-14)19-22-17(20(23)25-19)11-13-4-9-18(24-3)16(21)10-13/h4-12H,1-3H3/b17-11-. The van der Waals surface area contributed by atoms with Crippen molar-refractivity contribution in [2.75, 3.05) is 7.11 Å². The fourth-order valence-corrected chi connectivity index (χ4v) is 3.03. The van der Waals surface area contributed by atoms with Gasteiger partial charge in [0.25, 0.3) is 0 Å². The molecular weight excluding hydrogens is 382 g/mol. The van der Waals surface area contributed by atoms with E-state index in [4.69, 9.17) is 9.47 Å². The number of halogens is 1. The third-order valence-corrected chi connectivity index (χ3v) is 4.54. The summed E-state index contributed by atoms with van der Waals surface area (Å²) < 4.78 is 11.3. The van der Waals surface area contributed by atoms with Gasteiger partial charge in [-0.05, 0) is 63.3 Å². The zero-order chi connectivity index (χ0) is 18.0. The summed E-state index contributed by atoms with van der Waals surface area (Å²) >= 11 is 3.43. The molecular formula is C20H18BrNO3. The number of hydrogen-bond acceptors (Lipinski definition) is 4. The van der Waals surface area contributed by atoms with Crippen molar-refractivity contribution in [3.05, 3.63) is 69.3 Å². The van der Waals surface area contributed by atoms with Crippen LogP contribution >= 0.6 is 15.9 Å². The first-order chi connectivity index (χ1) is 12.0. The van der Waals surface area contributed by atoms with Crippen LogP contribution in [0.3, 0.4) is 0 Å². The second-order valence-corrected chi connectivity index (χ2v) is 6.86. The number of rotatable bonds is 4. The highest BCUT2D eigenvalue weighted by Crippen LogP contribution is 2.27. The fourth-order valence-electron chi connectivity index (χ4n) is 2.47. The summed E-state index contributed by atoms with van der Waals surface area (Å²) in [5, 5.41) is 0. The summed E-state index contributed by atoms with van der Waals surface area (Å²) in [5.41, 5.74) is 3.13. The normalized spacial score (nSPS) is 15.5. The summed E-state index contributed by atoms with van der Waals surface area (Å²) in [5.74, 6) is 1.06. The lowest BCUT2D eigenvalue weighted by Crippen LogP contribution is -2.05. The van der Waals surface area contributed by atoms with Gasteiger partial charge >= 0.3 is 5.97 Å². The summed E-state index contributed by atoms with van der Waals surface area (Å²) in [6, 6.07) is 13.4. The Kier molecular flexibility index (Phi) is 5.04. The van der Waals surface area contributed by atoms with Crippen LogP contribution < -0.4 is 4.74 Å². The van der Waals surface area contributed by atoms with Crippen molar-refractivity contribution in [2.24, 2.45) is 4.99 Å². The van der Waals surface area contributed by atoms with Crippen LogP contribution in [0.1, 0.15) is 36.5 Å². The van der Waals surface area contributed by atoms with Crippen LogP contribution in [0, 0.1) is 0 Å². The molecule has 0 fully saturated rings. The van der Waals surface area contributed by atoms with Crippen molar-refractivity contribution in [2.45, 2.75) is 19.8 Å². The maximum absolute atomic E-state index is 12.1. The Bertz CT molecular complexity index is 867. The molecule has 0 radical (unpaired) electrons. The Hall–Kier alpha value is -2.40. The molecule has 1 aliphatic rings. The molecule has 0 aliphatic carbocycles. The van der Waals surface area contributed by atoms with Crippen LogP contribution in [0.15, 0.2) is 57.6 Å². The molecule has 0 spiro atoms. The van der Waals surface area contributed by atoms with E-state index in [0.29, 0.717) is 11.8 Å². The number of ether oxygens (including phenoxy) is 2. The Labute approximate surface area is 155 Å². The zero-order valence-electron chi connectivity index (χ0n) is 14.2. The molecule has 1 aliphatic heterocycles. The Morgan fingerprint density at radius 1 is 1.16 bits per heavy atom. The number of benzene rings is 2. The zero-order valence-corrected chi connectivity index (χ0v) is 15.8. The highest BCUT2D eigenvalue weighted by molar-refractivity contribution is 9.10. The number of carbonyl (C=O) groups excluding carboxylic acids is 1. The van der Waals surface area contributed by atoms with E-state index in [1.54, 1.807) is 13.2 Å². The van der Waals surface area contributed by atoms with E-state index in [2.05, 4.69) is 34.8 Å². The third kappa shape index (κ3) is 3.82. The van der Waals surface area contributed by atoms with Crippen molar-refractivity contribution in [1.29, 1.82) is 0 Å². The van der Waals surface area contributed by atoms with E-state index < -0.39 is 5.97 Å². The van der Waals surface area contributed by atoms with Gasteiger partial charge in [-0.2, -0.15) is 0 Å². The second-order valence-electron chi connectivity index (χ2n) is 6.01. The minimum Gasteiger partial charge on any atom is -0.496 e. The van der Waals surface area contributed by atoms with E-state index >= 15 is 0 Å². The average Bonchev–Trinajstić information content (AvgIpc) is 2.96. The SMILES string of the molecule is COc1ccc(/C=C2\N=C(c3ccc(C(C)C)cc3)OC2=O)cc1Br. The summed E-state index contributed by atoms with van der Waals surface area (Å²) in [6.45, 7) is 4.27. The molecule has 4 nitrogen and oxygen atoms in total. The van der Waals surface area contributed by atoms with Gasteiger partial charge in [0.1, 0.15) is 5.75 Å². The number of nitrogens with zero attached hydrogens (tertiary/aromatic N) is 1. The monoisotopic (exact) mass is 399 g/mol. The minimum absolute atomic E-state index is 0.278. The van der Waals surface area contributed by atoms with E-state index in [9.17, 15) is 4.79 Å². The molecule has 25 heavy (non-hydrogen) atoms. The summed E-state index contributed by atoms with van der Waals surface area (Å²) in [7, 11) is 1.60. The molecule has 0 atom stereocenters. The van der Waals surface area contributed by atoms with Crippen molar-refractivity contribution in [3.8, 4) is 5.75 Å². The molecule has 128 valence electrons. The molecule has 2 aromatic rings. The molecule has 1 heterocycles. The predicted octanol–water partition coefficient (Wildman–Crippen LogP) is 4.93. The van der Waals surface area contributed by atoms with Gasteiger partial charge in [-0.15, -0.1) is 0 Å². The van der Waals surface area contributed by atoms with Gasteiger partial charge in [-0.25, -0.2) is 9.79 Å². The highest BCUT2D eigenvalue weighted by Gasteiger charge is 2.24. The molecule has 0 aromatic heterocycles. The maximum atomic E-state index is 12.1. The van der Waals surface area contributed by atoms with E-state index in [1.807, 2.05) is 42.5 Å². The van der Waals surface area contributed by atoms with Crippen molar-refractivity contribution in [1.82, 2.24) is 0 Å². The molecule has 0 unspecified atom stereocenters. The quantitative estimate of drug-likeness (QED) is 0.541. The van der Waals surface area contributed by atoms with Crippen LogP contribution in [-0.2, 0) is 9.53 Å². The molecule has 3 rings (SSSR count). The molecule has 0 N–H and O–H groups in total. The molecule has 2 aromatic carbocycles. The number of carbonyl (C=O) groups is 1. The van der Waals surface area contributed by atoms with Crippen LogP contribution in [0.25, 0.3) is 6.08 Å². The molecule has 0 bridgehead atoms. The topological polar surface area (TPSA) is 47.9 Å². The number of methoxy groups -OCH3 is 1. The first kappa shape index (κ1) is 17.4. The maximum Gasteiger partial charge on any atom is 0.363 e. The van der Waals surface area contributed by atoms with Crippen molar-refractivity contribution in [3.63, 3.8) is 0 Å². The van der Waals surface area contributed by atoms with Crippen molar-refractivity contribution >= 4 is 33.9 Å². The highest BCUT2D eigenvalue weighted by atomic mass is 79.9. The van der Waals surface area contributed by atoms with Gasteiger partial charge in [-0.3, -0.25) is 0 Å². The van der Waals surface area contributed by atoms with Crippen molar-refractivity contribution < 1.29 is 14.3 Å². The predicted molar refractivity (Wildman–Crippen MR) is 102 cm³/mol. The van der Waals surface area contributed by atoms with Gasteiger partial charge in [-0.1, -0.05) is 32.0 Å². The largest absolute Gasteiger partial charge is 0.496 e. The molecule has 0 saturated carbocycles. The second kappa shape index (κ2) is 7.23. The van der Waals surface area contributed by atoms with Gasteiger partial charge in [0.15, 0.2) is 5.70 Å². The average molecular weight is 400 g/mol. The van der Waals surface area contributed by atoms with E-state index in [0.717, 1.165) is 21.3 Å². The smallest absolute Gasteiger partial charge is 0.363 e. The molecule has 5 heteroatoms. The van der Waals surface area contributed by atoms with E-state index in [-0.39, 0.29) is 5.70 Å². The van der Waals surface area contributed by atoms with Gasteiger partial charge in [0, 0.05) is 5.56 Å². The summed E-state index contributed by atoms with van der Waals surface area (Å²) in [4.78, 5) is 16.4. The fraction of sp³-hybridized carbons (Fsp3) is 0.200. The van der Waals surface area contributed by atoms with Gasteiger partial charge in [0.05, 0.1) is 11.6 Å². The number of cyclic esters (lactones) is 1. The van der Waals surface area contributed by atoms with Gasteiger partial charge in [0.2, 0.25) is 5.90 Å². The number of esters is 1. The van der Waals surface area contributed by atoms with Crippen LogP contribution in [-0.4, -0.2) is 19.0 Å². The van der Waals surface area contributed by atoms with Crippen LogP contribution in [0.2, 0.25) is 0 Å². The lowest BCUT2D eigenvalue weighted by molar-refractivity contribution is -0.129. The third-order valence-electron chi connectivity index (χ3n) is 3.92. The molecule has 0 amide bonds. The number of hydrogen-bond donors (Lipinski definition) is 0. The first-order valence-corrected chi connectivity index (χ1v) is 8.73. The molecule has 0 saturated heterocycles. The first-order valence-electron chi connectivity index (χ1n) is 7.94. The summed E-state index contributed by atoms with van der Waals surface area (Å²) in [6.07, 6.45) is 1.70.